The van der Waals surface area contributed by atoms with Crippen LogP contribution >= 0.6 is 0 Å². The molecule has 0 saturated carbocycles. The van der Waals surface area contributed by atoms with Crippen LogP contribution in [0.25, 0.3) is 12.2 Å². The van der Waals surface area contributed by atoms with E-state index in [4.69, 9.17) is 10.5 Å². The summed E-state index contributed by atoms with van der Waals surface area (Å²) in [6.07, 6.45) is 8.04. The van der Waals surface area contributed by atoms with Crippen molar-refractivity contribution in [3.8, 4) is 5.75 Å². The SMILES string of the molecule is Nc1ccccc1C(=O)Oc1cccc(/C=C/CC2(O)C=Cc3ccccc32)c1. The van der Waals surface area contributed by atoms with Crippen LogP contribution in [0, 0.1) is 0 Å². The van der Waals surface area contributed by atoms with Gasteiger partial charge in [-0.05, 0) is 47.0 Å². The van der Waals surface area contributed by atoms with Crippen molar-refractivity contribution in [3.05, 3.63) is 107 Å². The number of hydrogen-bond donors (Lipinski definition) is 2. The van der Waals surface area contributed by atoms with Gasteiger partial charge >= 0.3 is 5.97 Å². The van der Waals surface area contributed by atoms with E-state index in [1.54, 1.807) is 36.4 Å². The Kier molecular flexibility index (Phi) is 5.02. The van der Waals surface area contributed by atoms with Crippen molar-refractivity contribution in [1.29, 1.82) is 0 Å². The third-order valence-corrected chi connectivity index (χ3v) is 4.95. The Morgan fingerprint density at radius 2 is 1.83 bits per heavy atom. The Labute approximate surface area is 169 Å². The Hall–Kier alpha value is -3.63. The summed E-state index contributed by atoms with van der Waals surface area (Å²) in [4.78, 5) is 12.3. The fraction of sp³-hybridized carbons (Fsp3) is 0.0800. The summed E-state index contributed by atoms with van der Waals surface area (Å²) in [5.41, 5.74) is 8.37. The number of carbonyl (C=O) groups excluding carboxylic acids is 1. The van der Waals surface area contributed by atoms with Gasteiger partial charge in [-0.1, -0.05) is 66.8 Å². The van der Waals surface area contributed by atoms with Crippen LogP contribution < -0.4 is 10.5 Å². The number of nitrogens with two attached hydrogens (primary N) is 1. The van der Waals surface area contributed by atoms with E-state index < -0.39 is 11.6 Å². The first-order valence-corrected chi connectivity index (χ1v) is 9.40. The van der Waals surface area contributed by atoms with Crippen molar-refractivity contribution in [1.82, 2.24) is 0 Å². The summed E-state index contributed by atoms with van der Waals surface area (Å²) in [5.74, 6) is -0.0588. The molecule has 3 aromatic carbocycles. The van der Waals surface area contributed by atoms with Gasteiger partial charge < -0.3 is 15.6 Å². The number of carbonyl (C=O) groups is 1. The van der Waals surface area contributed by atoms with Crippen LogP contribution in [0.15, 0.2) is 84.9 Å². The average molecular weight is 383 g/mol. The second-order valence-electron chi connectivity index (χ2n) is 7.00. The highest BCUT2D eigenvalue weighted by atomic mass is 16.5. The van der Waals surface area contributed by atoms with Crippen LogP contribution in [0.2, 0.25) is 0 Å². The average Bonchev–Trinajstić information content (AvgIpc) is 3.06. The molecule has 1 atom stereocenters. The summed E-state index contributed by atoms with van der Waals surface area (Å²) in [6, 6.07) is 21.8. The highest BCUT2D eigenvalue weighted by Crippen LogP contribution is 2.36. The molecule has 1 unspecified atom stereocenters. The fourth-order valence-electron chi connectivity index (χ4n) is 3.43. The first-order valence-electron chi connectivity index (χ1n) is 9.40. The van der Waals surface area contributed by atoms with Crippen molar-refractivity contribution < 1.29 is 14.6 Å². The Balaban J connectivity index is 1.45. The number of aliphatic hydroxyl groups is 1. The zero-order valence-electron chi connectivity index (χ0n) is 15.8. The van der Waals surface area contributed by atoms with Crippen LogP contribution in [0.3, 0.4) is 0 Å². The minimum absolute atomic E-state index is 0.336. The van der Waals surface area contributed by atoms with E-state index in [1.165, 1.54) is 0 Å². The number of rotatable bonds is 5. The normalized spacial score (nSPS) is 17.4. The van der Waals surface area contributed by atoms with E-state index in [-0.39, 0.29) is 0 Å². The zero-order valence-corrected chi connectivity index (χ0v) is 15.8. The largest absolute Gasteiger partial charge is 0.423 e. The fourth-order valence-corrected chi connectivity index (χ4v) is 3.43. The molecule has 0 amide bonds. The molecule has 4 rings (SSSR count). The summed E-state index contributed by atoms with van der Waals surface area (Å²) >= 11 is 0. The maximum atomic E-state index is 12.3. The molecule has 0 aromatic heterocycles. The number of benzene rings is 3. The molecule has 0 saturated heterocycles. The van der Waals surface area contributed by atoms with E-state index in [2.05, 4.69) is 0 Å². The molecule has 4 nitrogen and oxygen atoms in total. The number of hydrogen-bond acceptors (Lipinski definition) is 4. The topological polar surface area (TPSA) is 72.6 Å². The van der Waals surface area contributed by atoms with Gasteiger partial charge in [-0.15, -0.1) is 0 Å². The van der Waals surface area contributed by atoms with Crippen molar-refractivity contribution >= 4 is 23.8 Å². The van der Waals surface area contributed by atoms with Gasteiger partial charge in [-0.2, -0.15) is 0 Å². The van der Waals surface area contributed by atoms with Gasteiger partial charge in [0.25, 0.3) is 0 Å². The number of fused-ring (bicyclic) bond motifs is 1. The first-order chi connectivity index (χ1) is 14.0. The van der Waals surface area contributed by atoms with Gasteiger partial charge in [0.2, 0.25) is 0 Å². The molecule has 0 aliphatic heterocycles. The van der Waals surface area contributed by atoms with E-state index in [1.807, 2.05) is 60.7 Å². The number of nitrogen functional groups attached to an aromatic ring is 1. The quantitative estimate of drug-likeness (QED) is 0.377. The predicted molar refractivity (Wildman–Crippen MR) is 115 cm³/mol. The Morgan fingerprint density at radius 1 is 1.03 bits per heavy atom. The molecular formula is C25H21NO3. The molecule has 0 heterocycles. The third-order valence-electron chi connectivity index (χ3n) is 4.95. The molecular weight excluding hydrogens is 362 g/mol. The summed E-state index contributed by atoms with van der Waals surface area (Å²) in [6.45, 7) is 0. The number of anilines is 1. The second kappa shape index (κ2) is 7.78. The molecule has 0 bridgehead atoms. The lowest BCUT2D eigenvalue weighted by Crippen LogP contribution is -2.19. The lowest BCUT2D eigenvalue weighted by molar-refractivity contribution is 0.0735. The number of ether oxygens (including phenoxy) is 1. The molecule has 3 N–H and O–H groups in total. The number of para-hydroxylation sites is 1. The molecule has 29 heavy (non-hydrogen) atoms. The molecule has 0 radical (unpaired) electrons. The van der Waals surface area contributed by atoms with E-state index in [0.717, 1.165) is 16.7 Å². The first kappa shape index (κ1) is 18.7. The molecule has 1 aliphatic rings. The molecule has 3 aromatic rings. The van der Waals surface area contributed by atoms with Crippen LogP contribution in [0.4, 0.5) is 5.69 Å². The van der Waals surface area contributed by atoms with Crippen molar-refractivity contribution in [2.24, 2.45) is 0 Å². The van der Waals surface area contributed by atoms with Crippen LogP contribution in [-0.4, -0.2) is 11.1 Å². The summed E-state index contributed by atoms with van der Waals surface area (Å²) in [7, 11) is 0. The van der Waals surface area contributed by atoms with Gasteiger partial charge in [0.15, 0.2) is 0 Å². The summed E-state index contributed by atoms with van der Waals surface area (Å²) < 4.78 is 5.45. The lowest BCUT2D eigenvalue weighted by atomic mass is 9.92. The highest BCUT2D eigenvalue weighted by Gasteiger charge is 2.30. The number of esters is 1. The van der Waals surface area contributed by atoms with Gasteiger partial charge in [0.1, 0.15) is 11.4 Å². The van der Waals surface area contributed by atoms with Crippen LogP contribution in [0.1, 0.15) is 33.5 Å². The van der Waals surface area contributed by atoms with E-state index in [9.17, 15) is 9.90 Å². The molecule has 144 valence electrons. The highest BCUT2D eigenvalue weighted by molar-refractivity contribution is 5.96. The van der Waals surface area contributed by atoms with Gasteiger partial charge in [-0.3, -0.25) is 0 Å². The van der Waals surface area contributed by atoms with Crippen molar-refractivity contribution in [2.75, 3.05) is 5.73 Å². The predicted octanol–water partition coefficient (Wildman–Crippen LogP) is 4.81. The third kappa shape index (κ3) is 3.98. The van der Waals surface area contributed by atoms with Crippen molar-refractivity contribution in [3.63, 3.8) is 0 Å². The van der Waals surface area contributed by atoms with Crippen LogP contribution in [0.5, 0.6) is 5.75 Å². The lowest BCUT2D eigenvalue weighted by Gasteiger charge is -2.20. The van der Waals surface area contributed by atoms with E-state index in [0.29, 0.717) is 23.4 Å². The minimum atomic E-state index is -0.998. The van der Waals surface area contributed by atoms with E-state index >= 15 is 0 Å². The molecule has 0 fully saturated rings. The maximum Gasteiger partial charge on any atom is 0.345 e. The smallest absolute Gasteiger partial charge is 0.345 e. The van der Waals surface area contributed by atoms with Crippen LogP contribution in [-0.2, 0) is 5.60 Å². The maximum absolute atomic E-state index is 12.3. The molecule has 4 heteroatoms. The van der Waals surface area contributed by atoms with Crippen molar-refractivity contribution in [2.45, 2.75) is 12.0 Å². The Morgan fingerprint density at radius 3 is 2.69 bits per heavy atom. The summed E-state index contributed by atoms with van der Waals surface area (Å²) in [5, 5.41) is 10.9. The minimum Gasteiger partial charge on any atom is -0.423 e. The zero-order chi connectivity index (χ0) is 20.3. The van der Waals surface area contributed by atoms with Gasteiger partial charge in [0.05, 0.1) is 5.56 Å². The van der Waals surface area contributed by atoms with Gasteiger partial charge in [0, 0.05) is 12.1 Å². The second-order valence-corrected chi connectivity index (χ2v) is 7.00. The molecule has 1 aliphatic carbocycles. The van der Waals surface area contributed by atoms with Gasteiger partial charge in [-0.25, -0.2) is 4.79 Å². The standard InChI is InChI=1S/C25H21NO3/c26-23-13-4-2-11-21(23)24(27)29-20-10-5-7-18(17-20)8-6-15-25(28)16-14-19-9-1-3-12-22(19)25/h1-14,16-17,28H,15,26H2/b8-6+. The Bertz CT molecular complexity index is 1120. The molecule has 0 spiro atoms. The monoisotopic (exact) mass is 383 g/mol.